The average Bonchev–Trinajstić information content (AvgIpc) is 2.86. The molecular formula is C26H31FN4O3S. The van der Waals surface area contributed by atoms with Crippen molar-refractivity contribution in [2.24, 2.45) is 0 Å². The van der Waals surface area contributed by atoms with Crippen molar-refractivity contribution < 1.29 is 13.9 Å². The van der Waals surface area contributed by atoms with Gasteiger partial charge in [0.1, 0.15) is 5.82 Å². The fourth-order valence-corrected chi connectivity index (χ4v) is 4.99. The second kappa shape index (κ2) is 11.1. The van der Waals surface area contributed by atoms with E-state index >= 15 is 0 Å². The molecule has 2 aromatic carbocycles. The van der Waals surface area contributed by atoms with Crippen molar-refractivity contribution in [3.8, 4) is 0 Å². The van der Waals surface area contributed by atoms with Crippen molar-refractivity contribution in [1.29, 1.82) is 0 Å². The van der Waals surface area contributed by atoms with Crippen molar-refractivity contribution in [2.75, 3.05) is 31.0 Å². The Labute approximate surface area is 208 Å². The van der Waals surface area contributed by atoms with Crippen LogP contribution in [0.3, 0.4) is 0 Å². The fourth-order valence-electron chi connectivity index (χ4n) is 4.70. The number of aromatic amines is 1. The third-order valence-electron chi connectivity index (χ3n) is 6.68. The number of nitrogens with one attached hydrogen (secondary N) is 2. The van der Waals surface area contributed by atoms with Crippen LogP contribution in [0.4, 0.5) is 15.8 Å². The Morgan fingerprint density at radius 2 is 2.00 bits per heavy atom. The molecule has 3 aromatic rings. The summed E-state index contributed by atoms with van der Waals surface area (Å²) in [5.41, 5.74) is 1.51. The van der Waals surface area contributed by atoms with Crippen molar-refractivity contribution in [3.63, 3.8) is 0 Å². The van der Waals surface area contributed by atoms with Crippen LogP contribution in [0, 0.1) is 10.6 Å². The number of halogens is 1. The number of benzene rings is 2. The van der Waals surface area contributed by atoms with Gasteiger partial charge in [-0.15, -0.1) is 0 Å². The molecule has 1 amide bonds. The van der Waals surface area contributed by atoms with Crippen LogP contribution in [-0.4, -0.2) is 42.3 Å². The van der Waals surface area contributed by atoms with Gasteiger partial charge >= 0.3 is 0 Å². The van der Waals surface area contributed by atoms with Crippen LogP contribution in [0.1, 0.15) is 48.9 Å². The van der Waals surface area contributed by atoms with Crippen LogP contribution in [0.25, 0.3) is 10.9 Å². The Balaban J connectivity index is 1.51. The number of hydrogen-bond acceptors (Lipinski definition) is 5. The molecule has 2 N–H and O–H groups in total. The molecule has 0 unspecified atom stereocenters. The van der Waals surface area contributed by atoms with E-state index in [1.54, 1.807) is 37.4 Å². The van der Waals surface area contributed by atoms with Gasteiger partial charge in [0.15, 0.2) is 4.77 Å². The Morgan fingerprint density at radius 1 is 1.23 bits per heavy atom. The maximum Gasteiger partial charge on any atom is 0.262 e. The van der Waals surface area contributed by atoms with E-state index < -0.39 is 5.91 Å². The van der Waals surface area contributed by atoms with Crippen LogP contribution in [-0.2, 0) is 11.3 Å². The Morgan fingerprint density at radius 3 is 2.71 bits per heavy atom. The van der Waals surface area contributed by atoms with Gasteiger partial charge in [-0.25, -0.2) is 4.39 Å². The maximum atomic E-state index is 14.9. The van der Waals surface area contributed by atoms with Gasteiger partial charge in [0.2, 0.25) is 0 Å². The van der Waals surface area contributed by atoms with Crippen molar-refractivity contribution >= 4 is 40.4 Å². The molecule has 0 saturated heterocycles. The second-order valence-corrected chi connectivity index (χ2v) is 9.40. The molecule has 4 rings (SSSR count). The van der Waals surface area contributed by atoms with Crippen LogP contribution in [0.15, 0.2) is 41.2 Å². The third kappa shape index (κ3) is 5.62. The van der Waals surface area contributed by atoms with Gasteiger partial charge in [-0.2, -0.15) is 0 Å². The molecule has 1 aliphatic carbocycles. The quantitative estimate of drug-likeness (QED) is 0.327. The number of fused-ring (bicyclic) bond motifs is 1. The Kier molecular flexibility index (Phi) is 7.97. The molecular weight excluding hydrogens is 467 g/mol. The number of ether oxygens (including phenoxy) is 1. The minimum atomic E-state index is -0.400. The zero-order valence-electron chi connectivity index (χ0n) is 20.1. The van der Waals surface area contributed by atoms with E-state index in [0.29, 0.717) is 53.5 Å². The van der Waals surface area contributed by atoms with Crippen molar-refractivity contribution in [3.05, 3.63) is 62.9 Å². The van der Waals surface area contributed by atoms with E-state index in [1.165, 1.54) is 29.9 Å². The first kappa shape index (κ1) is 25.1. The van der Waals surface area contributed by atoms with Crippen LogP contribution < -0.4 is 15.8 Å². The van der Waals surface area contributed by atoms with Gasteiger partial charge in [0.25, 0.3) is 11.5 Å². The number of nitrogens with zero attached hydrogens (tertiary/aromatic N) is 2. The monoisotopic (exact) mass is 498 g/mol. The molecule has 186 valence electrons. The zero-order chi connectivity index (χ0) is 24.9. The molecule has 1 fully saturated rings. The van der Waals surface area contributed by atoms with E-state index in [1.807, 2.05) is 11.9 Å². The minimum absolute atomic E-state index is 0.216. The summed E-state index contributed by atoms with van der Waals surface area (Å²) in [6.07, 6.45) is 6.37. The van der Waals surface area contributed by atoms with Gasteiger partial charge in [0, 0.05) is 44.6 Å². The Hall–Kier alpha value is -3.04. The predicted molar refractivity (Wildman–Crippen MR) is 140 cm³/mol. The average molecular weight is 499 g/mol. The van der Waals surface area contributed by atoms with Crippen LogP contribution in [0.2, 0.25) is 0 Å². The molecule has 9 heteroatoms. The van der Waals surface area contributed by atoms with E-state index in [9.17, 15) is 14.0 Å². The number of rotatable bonds is 8. The standard InChI is InChI=1S/C26H31FN4O3S/c1-30(19-7-4-3-5-8-19)23-12-10-18(16-21(23)27)28-24(32)17-9-11-20-22(15-17)29-26(35)31(25(20)33)13-6-14-34-2/h9-12,15-16,19H,3-8,13-14H2,1-2H3,(H,28,32)(H,29,35). The largest absolute Gasteiger partial charge is 0.385 e. The van der Waals surface area contributed by atoms with E-state index in [0.717, 1.165) is 12.8 Å². The number of amides is 1. The summed E-state index contributed by atoms with van der Waals surface area (Å²) >= 11 is 5.35. The lowest BCUT2D eigenvalue weighted by Crippen LogP contribution is -2.33. The number of carbonyl (C=O) groups excluding carboxylic acids is 1. The number of H-pyrrole nitrogens is 1. The summed E-state index contributed by atoms with van der Waals surface area (Å²) in [6.45, 7) is 0.967. The van der Waals surface area contributed by atoms with Crippen molar-refractivity contribution in [2.45, 2.75) is 51.1 Å². The number of aromatic nitrogens is 2. The summed E-state index contributed by atoms with van der Waals surface area (Å²) in [6, 6.07) is 9.88. The summed E-state index contributed by atoms with van der Waals surface area (Å²) in [5, 5.41) is 3.19. The number of methoxy groups -OCH3 is 1. The van der Waals surface area contributed by atoms with Crippen molar-refractivity contribution in [1.82, 2.24) is 9.55 Å². The topological polar surface area (TPSA) is 79.4 Å². The van der Waals surface area contributed by atoms with Crippen LogP contribution in [0.5, 0.6) is 0 Å². The first-order chi connectivity index (χ1) is 16.9. The first-order valence-electron chi connectivity index (χ1n) is 12.0. The normalized spacial score (nSPS) is 14.3. The fraction of sp³-hybridized carbons (Fsp3) is 0.423. The molecule has 0 aliphatic heterocycles. The number of carbonyl (C=O) groups is 1. The molecule has 0 bridgehead atoms. The minimum Gasteiger partial charge on any atom is -0.385 e. The number of anilines is 2. The highest BCUT2D eigenvalue weighted by Gasteiger charge is 2.21. The lowest BCUT2D eigenvalue weighted by atomic mass is 9.94. The van der Waals surface area contributed by atoms with Gasteiger partial charge < -0.3 is 19.9 Å². The van der Waals surface area contributed by atoms with E-state index in [-0.39, 0.29) is 16.1 Å². The predicted octanol–water partition coefficient (Wildman–Crippen LogP) is 5.26. The Bertz CT molecular complexity index is 1330. The summed E-state index contributed by atoms with van der Waals surface area (Å²) < 4.78 is 21.7. The second-order valence-electron chi connectivity index (χ2n) is 9.02. The molecule has 1 heterocycles. The van der Waals surface area contributed by atoms with Gasteiger partial charge in [-0.1, -0.05) is 19.3 Å². The van der Waals surface area contributed by atoms with Gasteiger partial charge in [0.05, 0.1) is 16.6 Å². The molecule has 0 atom stereocenters. The molecule has 1 aliphatic rings. The van der Waals surface area contributed by atoms with E-state index in [4.69, 9.17) is 17.0 Å². The highest BCUT2D eigenvalue weighted by molar-refractivity contribution is 7.71. The highest BCUT2D eigenvalue weighted by atomic mass is 32.1. The molecule has 1 aromatic heterocycles. The molecule has 35 heavy (non-hydrogen) atoms. The molecule has 7 nitrogen and oxygen atoms in total. The van der Waals surface area contributed by atoms with Crippen LogP contribution >= 0.6 is 12.2 Å². The molecule has 1 saturated carbocycles. The summed E-state index contributed by atoms with van der Waals surface area (Å²) in [7, 11) is 3.53. The summed E-state index contributed by atoms with van der Waals surface area (Å²) in [4.78, 5) is 30.8. The third-order valence-corrected chi connectivity index (χ3v) is 7.00. The molecule has 0 spiro atoms. The number of hydrogen-bond donors (Lipinski definition) is 2. The maximum absolute atomic E-state index is 14.9. The summed E-state index contributed by atoms with van der Waals surface area (Å²) in [5.74, 6) is -0.768. The lowest BCUT2D eigenvalue weighted by molar-refractivity contribution is 0.102. The van der Waals surface area contributed by atoms with E-state index in [2.05, 4.69) is 10.3 Å². The highest BCUT2D eigenvalue weighted by Crippen LogP contribution is 2.29. The SMILES string of the molecule is COCCCn1c(=S)[nH]c2cc(C(=O)Nc3ccc(N(C)C4CCCCC4)c(F)c3)ccc2c1=O. The zero-order valence-corrected chi connectivity index (χ0v) is 20.9. The molecule has 0 radical (unpaired) electrons. The van der Waals surface area contributed by atoms with Gasteiger partial charge in [-0.3, -0.25) is 14.2 Å². The van der Waals surface area contributed by atoms with Gasteiger partial charge in [-0.05, 0) is 67.9 Å². The smallest absolute Gasteiger partial charge is 0.262 e. The lowest BCUT2D eigenvalue weighted by Gasteiger charge is -2.33. The first-order valence-corrected chi connectivity index (χ1v) is 12.4.